The van der Waals surface area contributed by atoms with Crippen LogP contribution < -0.4 is 4.90 Å². The summed E-state index contributed by atoms with van der Waals surface area (Å²) in [5.41, 5.74) is 2.05. The van der Waals surface area contributed by atoms with Gasteiger partial charge in [-0.05, 0) is 24.6 Å². The van der Waals surface area contributed by atoms with Crippen molar-refractivity contribution < 1.29 is 14.7 Å². The molecule has 1 aliphatic heterocycles. The average Bonchev–Trinajstić information content (AvgIpc) is 2.67. The molecular formula is C14H13NO3. The molecule has 0 bridgehead atoms. The number of hydrogen-bond donors (Lipinski definition) is 1. The van der Waals surface area contributed by atoms with Gasteiger partial charge in [-0.25, -0.2) is 4.90 Å². The van der Waals surface area contributed by atoms with Crippen molar-refractivity contribution in [2.24, 2.45) is 0 Å². The first-order valence-electron chi connectivity index (χ1n) is 5.69. The molecule has 4 nitrogen and oxygen atoms in total. The fourth-order valence-electron chi connectivity index (χ4n) is 1.91. The number of rotatable bonds is 1. The lowest BCUT2D eigenvalue weighted by atomic mass is 10.1. The van der Waals surface area contributed by atoms with Crippen LogP contribution in [0, 0.1) is 18.8 Å². The monoisotopic (exact) mass is 243 g/mol. The lowest BCUT2D eigenvalue weighted by molar-refractivity contribution is -0.121. The normalized spacial score (nSPS) is 14.7. The molecule has 1 N–H and O–H groups in total. The minimum Gasteiger partial charge on any atom is -0.384 e. The molecule has 2 rings (SSSR count). The van der Waals surface area contributed by atoms with Gasteiger partial charge >= 0.3 is 0 Å². The van der Waals surface area contributed by atoms with Crippen LogP contribution in [-0.2, 0) is 9.59 Å². The van der Waals surface area contributed by atoms with Gasteiger partial charge in [-0.2, -0.15) is 0 Å². The summed E-state index contributed by atoms with van der Waals surface area (Å²) in [6.45, 7) is 1.63. The smallest absolute Gasteiger partial charge is 0.234 e. The molecule has 1 heterocycles. The molecule has 0 unspecified atom stereocenters. The molecule has 1 aromatic carbocycles. The molecule has 0 spiro atoms. The van der Waals surface area contributed by atoms with E-state index in [1.807, 2.05) is 13.0 Å². The first-order valence-corrected chi connectivity index (χ1v) is 5.69. The number of carbonyl (C=O) groups excluding carboxylic acids is 2. The van der Waals surface area contributed by atoms with Crippen LogP contribution >= 0.6 is 0 Å². The van der Waals surface area contributed by atoms with E-state index in [4.69, 9.17) is 5.11 Å². The van der Waals surface area contributed by atoms with Gasteiger partial charge in [0.25, 0.3) is 0 Å². The minimum absolute atomic E-state index is 0.197. The van der Waals surface area contributed by atoms with E-state index >= 15 is 0 Å². The van der Waals surface area contributed by atoms with Gasteiger partial charge in [-0.15, -0.1) is 0 Å². The number of hydrogen-bond acceptors (Lipinski definition) is 3. The predicted octanol–water partition coefficient (Wildman–Crippen LogP) is 0.992. The van der Waals surface area contributed by atoms with E-state index in [0.717, 1.165) is 5.56 Å². The summed E-state index contributed by atoms with van der Waals surface area (Å²) in [6, 6.07) is 5.38. The molecule has 18 heavy (non-hydrogen) atoms. The molecule has 0 saturated carbocycles. The second-order valence-corrected chi connectivity index (χ2v) is 4.10. The molecule has 1 fully saturated rings. The molecule has 0 radical (unpaired) electrons. The number of benzene rings is 1. The summed E-state index contributed by atoms with van der Waals surface area (Å²) in [5, 5.41) is 8.72. The van der Waals surface area contributed by atoms with E-state index in [1.54, 1.807) is 12.1 Å². The minimum atomic E-state index is -0.255. The Morgan fingerprint density at radius 2 is 1.94 bits per heavy atom. The maximum atomic E-state index is 11.7. The summed E-state index contributed by atoms with van der Waals surface area (Å²) >= 11 is 0. The fourth-order valence-corrected chi connectivity index (χ4v) is 1.91. The second kappa shape index (κ2) is 5.03. The van der Waals surface area contributed by atoms with Crippen molar-refractivity contribution in [2.45, 2.75) is 19.8 Å². The Bertz CT molecular complexity index is 550. The van der Waals surface area contributed by atoms with Crippen molar-refractivity contribution in [3.05, 3.63) is 29.3 Å². The van der Waals surface area contributed by atoms with Gasteiger partial charge in [0, 0.05) is 18.4 Å². The number of carbonyl (C=O) groups is 2. The molecule has 92 valence electrons. The zero-order valence-corrected chi connectivity index (χ0v) is 10.1. The van der Waals surface area contributed by atoms with Gasteiger partial charge in [0.2, 0.25) is 11.8 Å². The lowest BCUT2D eigenvalue weighted by Crippen LogP contribution is -2.29. The SMILES string of the molecule is Cc1ccc(C#CCO)c(N2C(=O)CCC2=O)c1. The third kappa shape index (κ3) is 2.27. The number of nitrogens with zero attached hydrogens (tertiary/aromatic N) is 1. The summed E-state index contributed by atoms with van der Waals surface area (Å²) in [7, 11) is 0. The fraction of sp³-hybridized carbons (Fsp3) is 0.286. The third-order valence-electron chi connectivity index (χ3n) is 2.75. The van der Waals surface area contributed by atoms with Crippen LogP contribution in [0.1, 0.15) is 24.0 Å². The van der Waals surface area contributed by atoms with Crippen molar-refractivity contribution >= 4 is 17.5 Å². The number of imide groups is 1. The Labute approximate surface area is 105 Å². The number of amides is 2. The Kier molecular flexibility index (Phi) is 3.45. The van der Waals surface area contributed by atoms with E-state index in [-0.39, 0.29) is 31.3 Å². The average molecular weight is 243 g/mol. The van der Waals surface area contributed by atoms with Gasteiger partial charge in [-0.3, -0.25) is 9.59 Å². The maximum absolute atomic E-state index is 11.7. The second-order valence-electron chi connectivity index (χ2n) is 4.10. The largest absolute Gasteiger partial charge is 0.384 e. The summed E-state index contributed by atoms with van der Waals surface area (Å²) < 4.78 is 0. The highest BCUT2D eigenvalue weighted by molar-refractivity contribution is 6.20. The highest BCUT2D eigenvalue weighted by Gasteiger charge is 2.31. The van der Waals surface area contributed by atoms with Crippen molar-refractivity contribution in [1.82, 2.24) is 0 Å². The van der Waals surface area contributed by atoms with Crippen molar-refractivity contribution in [3.8, 4) is 11.8 Å². The topological polar surface area (TPSA) is 57.6 Å². The van der Waals surface area contributed by atoms with Crippen LogP contribution in [0.5, 0.6) is 0 Å². The Morgan fingerprint density at radius 3 is 2.56 bits per heavy atom. The molecule has 1 aliphatic rings. The Hall–Kier alpha value is -2.12. The third-order valence-corrected chi connectivity index (χ3v) is 2.75. The zero-order chi connectivity index (χ0) is 13.1. The maximum Gasteiger partial charge on any atom is 0.234 e. The molecule has 4 heteroatoms. The van der Waals surface area contributed by atoms with Gasteiger partial charge in [-0.1, -0.05) is 17.9 Å². The van der Waals surface area contributed by atoms with Crippen LogP contribution in [0.15, 0.2) is 18.2 Å². The van der Waals surface area contributed by atoms with Crippen LogP contribution in [0.4, 0.5) is 5.69 Å². The van der Waals surface area contributed by atoms with E-state index in [9.17, 15) is 9.59 Å². The Morgan fingerprint density at radius 1 is 1.28 bits per heavy atom. The highest BCUT2D eigenvalue weighted by Crippen LogP contribution is 2.27. The highest BCUT2D eigenvalue weighted by atomic mass is 16.2. The van der Waals surface area contributed by atoms with Crippen LogP contribution in [-0.4, -0.2) is 23.5 Å². The van der Waals surface area contributed by atoms with Crippen LogP contribution in [0.25, 0.3) is 0 Å². The van der Waals surface area contributed by atoms with E-state index in [1.165, 1.54) is 4.90 Å². The number of anilines is 1. The summed E-state index contributed by atoms with van der Waals surface area (Å²) in [4.78, 5) is 24.6. The standard InChI is InChI=1S/C14H13NO3/c1-10-4-5-11(3-2-8-16)12(9-10)15-13(17)6-7-14(15)18/h4-5,9,16H,6-8H2,1H3. The molecule has 0 aliphatic carbocycles. The first-order chi connectivity index (χ1) is 8.63. The molecule has 0 atom stereocenters. The molecule has 1 aromatic rings. The van der Waals surface area contributed by atoms with Crippen LogP contribution in [0.2, 0.25) is 0 Å². The lowest BCUT2D eigenvalue weighted by Gasteiger charge is -2.16. The Balaban J connectivity index is 2.51. The van der Waals surface area contributed by atoms with E-state index in [0.29, 0.717) is 11.3 Å². The molecule has 2 amide bonds. The quantitative estimate of drug-likeness (QED) is 0.591. The van der Waals surface area contributed by atoms with Gasteiger partial charge in [0.05, 0.1) is 5.69 Å². The van der Waals surface area contributed by atoms with Gasteiger partial charge < -0.3 is 5.11 Å². The van der Waals surface area contributed by atoms with Gasteiger partial charge in [0.15, 0.2) is 0 Å². The van der Waals surface area contributed by atoms with Crippen molar-refractivity contribution in [2.75, 3.05) is 11.5 Å². The summed E-state index contributed by atoms with van der Waals surface area (Å²) in [5.74, 6) is 4.90. The predicted molar refractivity (Wildman–Crippen MR) is 66.9 cm³/mol. The van der Waals surface area contributed by atoms with E-state index < -0.39 is 0 Å². The van der Waals surface area contributed by atoms with Crippen molar-refractivity contribution in [3.63, 3.8) is 0 Å². The first kappa shape index (κ1) is 12.3. The molecule has 1 saturated heterocycles. The number of aliphatic hydroxyl groups is 1. The number of aliphatic hydroxyl groups excluding tert-OH is 1. The van der Waals surface area contributed by atoms with E-state index in [2.05, 4.69) is 11.8 Å². The molecular weight excluding hydrogens is 230 g/mol. The zero-order valence-electron chi connectivity index (χ0n) is 10.1. The number of aryl methyl sites for hydroxylation is 1. The van der Waals surface area contributed by atoms with Gasteiger partial charge in [0.1, 0.15) is 6.61 Å². The molecule has 0 aromatic heterocycles. The summed E-state index contributed by atoms with van der Waals surface area (Å²) in [6.07, 6.45) is 0.499. The van der Waals surface area contributed by atoms with Crippen molar-refractivity contribution in [1.29, 1.82) is 0 Å². The van der Waals surface area contributed by atoms with Crippen LogP contribution in [0.3, 0.4) is 0 Å².